The largest absolute Gasteiger partial charge is 0.399 e. The smallest absolute Gasteiger partial charge is 0.235 e. The van der Waals surface area contributed by atoms with Crippen molar-refractivity contribution in [2.24, 2.45) is 0 Å². The summed E-state index contributed by atoms with van der Waals surface area (Å²) in [6.07, 6.45) is 2.08. The van der Waals surface area contributed by atoms with Crippen molar-refractivity contribution in [3.05, 3.63) is 18.2 Å². The van der Waals surface area contributed by atoms with Gasteiger partial charge in [0, 0.05) is 18.8 Å². The first kappa shape index (κ1) is 13.5. The van der Waals surface area contributed by atoms with Gasteiger partial charge < -0.3 is 10.6 Å². The minimum Gasteiger partial charge on any atom is -0.399 e. The summed E-state index contributed by atoms with van der Waals surface area (Å²) in [6.45, 7) is 1.57. The van der Waals surface area contributed by atoms with Crippen molar-refractivity contribution >= 4 is 43.9 Å². The normalized spacial score (nSPS) is 16.7. The van der Waals surface area contributed by atoms with Crippen LogP contribution in [-0.2, 0) is 15.6 Å². The quantitative estimate of drug-likeness (QED) is 0.874. The van der Waals surface area contributed by atoms with E-state index in [9.17, 15) is 9.00 Å². The van der Waals surface area contributed by atoms with E-state index in [1.54, 1.807) is 11.0 Å². The van der Waals surface area contributed by atoms with Crippen LogP contribution in [0.25, 0.3) is 10.2 Å². The number of benzene rings is 1. The maximum Gasteiger partial charge on any atom is 0.235 e. The Kier molecular flexibility index (Phi) is 3.71. The summed E-state index contributed by atoms with van der Waals surface area (Å²) >= 11 is 1.34. The summed E-state index contributed by atoms with van der Waals surface area (Å²) in [5, 5.41) is 0. The molecule has 1 atom stereocenters. The van der Waals surface area contributed by atoms with Gasteiger partial charge in [0.25, 0.3) is 0 Å². The Hall–Kier alpha value is -1.47. The number of thiazole rings is 1. The van der Waals surface area contributed by atoms with E-state index in [0.717, 1.165) is 36.1 Å². The lowest BCUT2D eigenvalue weighted by Gasteiger charge is -2.13. The zero-order valence-corrected chi connectivity index (χ0v) is 12.5. The number of nitrogen functional groups attached to an aromatic ring is 1. The van der Waals surface area contributed by atoms with Gasteiger partial charge in [-0.05, 0) is 31.0 Å². The van der Waals surface area contributed by atoms with E-state index in [2.05, 4.69) is 4.98 Å². The van der Waals surface area contributed by atoms with Gasteiger partial charge in [-0.15, -0.1) is 11.3 Å². The third-order valence-corrected chi connectivity index (χ3v) is 5.91. The second kappa shape index (κ2) is 5.49. The predicted molar refractivity (Wildman–Crippen MR) is 81.1 cm³/mol. The number of carbonyl (C=O) groups excluding carboxylic acids is 1. The third-order valence-electron chi connectivity index (χ3n) is 3.30. The standard InChI is InChI=1S/C13H15N3O2S2/c14-9-3-4-10-11(7-9)19-13(15-10)20(18)8-12(17)16-5-1-2-6-16/h3-4,7H,1-2,5-6,8,14H2. The molecule has 1 saturated heterocycles. The van der Waals surface area contributed by atoms with Crippen molar-refractivity contribution in [3.8, 4) is 0 Å². The number of hydrogen-bond acceptors (Lipinski definition) is 5. The van der Waals surface area contributed by atoms with Gasteiger partial charge in [-0.25, -0.2) is 4.98 Å². The second-order valence-corrected chi connectivity index (χ2v) is 7.44. The fraction of sp³-hybridized carbons (Fsp3) is 0.385. The first-order valence-electron chi connectivity index (χ1n) is 6.46. The molecule has 0 spiro atoms. The van der Waals surface area contributed by atoms with Crippen LogP contribution in [0.5, 0.6) is 0 Å². The lowest BCUT2D eigenvalue weighted by molar-refractivity contribution is -0.127. The van der Waals surface area contributed by atoms with E-state index in [-0.39, 0.29) is 11.7 Å². The minimum absolute atomic E-state index is 0.0231. The molecule has 1 aliphatic heterocycles. The molecule has 2 N–H and O–H groups in total. The fourth-order valence-corrected chi connectivity index (χ4v) is 4.54. The number of anilines is 1. The Morgan fingerprint density at radius 1 is 1.40 bits per heavy atom. The van der Waals surface area contributed by atoms with Crippen molar-refractivity contribution in [3.63, 3.8) is 0 Å². The molecule has 106 valence electrons. The molecule has 1 aromatic carbocycles. The van der Waals surface area contributed by atoms with Crippen LogP contribution in [0.15, 0.2) is 22.5 Å². The highest BCUT2D eigenvalue weighted by atomic mass is 32.2. The molecule has 5 nitrogen and oxygen atoms in total. The van der Waals surface area contributed by atoms with Crippen molar-refractivity contribution in [2.75, 3.05) is 24.6 Å². The molecule has 7 heteroatoms. The number of fused-ring (bicyclic) bond motifs is 1. The Balaban J connectivity index is 1.76. The molecule has 0 bridgehead atoms. The van der Waals surface area contributed by atoms with Crippen LogP contribution in [0.3, 0.4) is 0 Å². The van der Waals surface area contributed by atoms with Crippen molar-refractivity contribution < 1.29 is 9.00 Å². The molecule has 0 radical (unpaired) electrons. The van der Waals surface area contributed by atoms with Crippen molar-refractivity contribution in [2.45, 2.75) is 17.2 Å². The Bertz CT molecular complexity index is 677. The molecule has 0 aliphatic carbocycles. The van der Waals surface area contributed by atoms with Crippen LogP contribution in [0.1, 0.15) is 12.8 Å². The Morgan fingerprint density at radius 3 is 2.90 bits per heavy atom. The van der Waals surface area contributed by atoms with Crippen LogP contribution < -0.4 is 5.73 Å². The zero-order valence-electron chi connectivity index (χ0n) is 10.9. The number of likely N-dealkylation sites (tertiary alicyclic amines) is 1. The Labute approximate surface area is 123 Å². The number of rotatable bonds is 3. The van der Waals surface area contributed by atoms with Gasteiger partial charge in [-0.1, -0.05) is 0 Å². The van der Waals surface area contributed by atoms with E-state index in [4.69, 9.17) is 5.73 Å². The molecule has 0 saturated carbocycles. The average molecular weight is 309 g/mol. The number of nitrogens with two attached hydrogens (primary N) is 1. The van der Waals surface area contributed by atoms with Crippen molar-refractivity contribution in [1.29, 1.82) is 0 Å². The van der Waals surface area contributed by atoms with E-state index in [0.29, 0.717) is 10.0 Å². The number of aromatic nitrogens is 1. The molecule has 1 unspecified atom stereocenters. The Morgan fingerprint density at radius 2 is 2.15 bits per heavy atom. The minimum atomic E-state index is -1.37. The first-order chi connectivity index (χ1) is 9.63. The number of carbonyl (C=O) groups is 1. The van der Waals surface area contributed by atoms with E-state index in [1.807, 2.05) is 12.1 Å². The first-order valence-corrected chi connectivity index (χ1v) is 8.59. The van der Waals surface area contributed by atoms with Gasteiger partial charge in [0.2, 0.25) is 5.91 Å². The van der Waals surface area contributed by atoms with E-state index < -0.39 is 10.8 Å². The summed E-state index contributed by atoms with van der Waals surface area (Å²) in [7, 11) is -1.37. The molecular formula is C13H15N3O2S2. The average Bonchev–Trinajstić information content (AvgIpc) is 3.07. The topological polar surface area (TPSA) is 76.3 Å². The van der Waals surface area contributed by atoms with Gasteiger partial charge in [0.1, 0.15) is 5.75 Å². The molecule has 2 aromatic rings. The van der Waals surface area contributed by atoms with Crippen LogP contribution >= 0.6 is 11.3 Å². The van der Waals surface area contributed by atoms with Gasteiger partial charge >= 0.3 is 0 Å². The summed E-state index contributed by atoms with van der Waals surface area (Å²) < 4.78 is 13.6. The number of hydrogen-bond donors (Lipinski definition) is 1. The van der Waals surface area contributed by atoms with E-state index >= 15 is 0 Å². The summed E-state index contributed by atoms with van der Waals surface area (Å²) in [6, 6.07) is 5.39. The number of nitrogens with zero attached hydrogens (tertiary/aromatic N) is 2. The van der Waals surface area contributed by atoms with Gasteiger partial charge in [0.15, 0.2) is 4.34 Å². The third kappa shape index (κ3) is 2.69. The molecule has 1 fully saturated rings. The highest BCUT2D eigenvalue weighted by Crippen LogP contribution is 2.26. The van der Waals surface area contributed by atoms with Gasteiger partial charge in [-0.2, -0.15) is 0 Å². The summed E-state index contributed by atoms with van der Waals surface area (Å²) in [5.41, 5.74) is 7.15. The lowest BCUT2D eigenvalue weighted by atomic mass is 10.3. The zero-order chi connectivity index (χ0) is 14.1. The monoisotopic (exact) mass is 309 g/mol. The van der Waals surface area contributed by atoms with Gasteiger partial charge in [0.05, 0.1) is 21.0 Å². The van der Waals surface area contributed by atoms with E-state index in [1.165, 1.54) is 11.3 Å². The van der Waals surface area contributed by atoms with Crippen LogP contribution in [0.4, 0.5) is 5.69 Å². The van der Waals surface area contributed by atoms with Crippen LogP contribution in [0.2, 0.25) is 0 Å². The van der Waals surface area contributed by atoms with Crippen LogP contribution in [0, 0.1) is 0 Å². The highest BCUT2D eigenvalue weighted by Gasteiger charge is 2.22. The predicted octanol–water partition coefficient (Wildman–Crippen LogP) is 1.61. The SMILES string of the molecule is Nc1ccc2nc(S(=O)CC(=O)N3CCCC3)sc2c1. The molecule has 1 aromatic heterocycles. The van der Waals surface area contributed by atoms with Crippen molar-refractivity contribution in [1.82, 2.24) is 9.88 Å². The molecular weight excluding hydrogens is 294 g/mol. The van der Waals surface area contributed by atoms with Crippen LogP contribution in [-0.4, -0.2) is 38.8 Å². The maximum atomic E-state index is 12.2. The maximum absolute atomic E-state index is 12.2. The fourth-order valence-electron chi connectivity index (χ4n) is 2.25. The highest BCUT2D eigenvalue weighted by molar-refractivity contribution is 7.88. The van der Waals surface area contributed by atoms with Gasteiger partial charge in [-0.3, -0.25) is 9.00 Å². The molecule has 20 heavy (non-hydrogen) atoms. The number of amides is 1. The second-order valence-electron chi connectivity index (χ2n) is 4.78. The molecule has 1 amide bonds. The summed E-state index contributed by atoms with van der Waals surface area (Å²) in [5.74, 6) is -0.0189. The molecule has 3 rings (SSSR count). The summed E-state index contributed by atoms with van der Waals surface area (Å²) in [4.78, 5) is 18.1. The molecule has 2 heterocycles. The lowest BCUT2D eigenvalue weighted by Crippen LogP contribution is -2.31. The molecule has 1 aliphatic rings.